The van der Waals surface area contributed by atoms with Crippen molar-refractivity contribution < 1.29 is 13.2 Å². The Labute approximate surface area is 191 Å². The number of halogens is 2. The molecule has 0 atom stereocenters. The fourth-order valence-corrected chi connectivity index (χ4v) is 4.50. The zero-order valence-corrected chi connectivity index (χ0v) is 18.8. The second-order valence-electron chi connectivity index (χ2n) is 6.63. The molecule has 0 spiro atoms. The van der Waals surface area contributed by atoms with Gasteiger partial charge in [-0.15, -0.1) is 0 Å². The van der Waals surface area contributed by atoms with Crippen LogP contribution in [-0.2, 0) is 14.8 Å². The summed E-state index contributed by atoms with van der Waals surface area (Å²) in [7, 11) is -4.04. The smallest absolute Gasteiger partial charge is 0.264 e. The van der Waals surface area contributed by atoms with Gasteiger partial charge < -0.3 is 0 Å². The van der Waals surface area contributed by atoms with Gasteiger partial charge in [-0.1, -0.05) is 71.2 Å². The van der Waals surface area contributed by atoms with Crippen molar-refractivity contribution in [3.8, 4) is 0 Å². The number of carbonyl (C=O) groups is 1. The number of nitrogens with zero attached hydrogens (tertiary/aromatic N) is 2. The summed E-state index contributed by atoms with van der Waals surface area (Å²) in [6.45, 7) is 1.44. The fourth-order valence-electron chi connectivity index (χ4n) is 2.77. The molecule has 3 aromatic carbocycles. The number of nitrogens with one attached hydrogen (secondary N) is 1. The number of anilines is 1. The van der Waals surface area contributed by atoms with Crippen LogP contribution >= 0.6 is 23.2 Å². The van der Waals surface area contributed by atoms with Crippen LogP contribution in [0.15, 0.2) is 82.8 Å². The van der Waals surface area contributed by atoms with E-state index in [9.17, 15) is 13.2 Å². The molecule has 0 saturated heterocycles. The number of hydrazone groups is 1. The molecule has 0 saturated carbocycles. The van der Waals surface area contributed by atoms with Crippen molar-refractivity contribution in [1.82, 2.24) is 5.43 Å². The van der Waals surface area contributed by atoms with Gasteiger partial charge in [-0.05, 0) is 42.8 Å². The lowest BCUT2D eigenvalue weighted by Gasteiger charge is -2.24. The van der Waals surface area contributed by atoms with E-state index in [2.05, 4.69) is 10.5 Å². The molecule has 0 unspecified atom stereocenters. The van der Waals surface area contributed by atoms with Crippen LogP contribution in [0.3, 0.4) is 0 Å². The van der Waals surface area contributed by atoms with E-state index in [1.54, 1.807) is 18.2 Å². The Kier molecular flexibility index (Phi) is 7.33. The highest BCUT2D eigenvalue weighted by Crippen LogP contribution is 2.30. The molecule has 160 valence electrons. The third kappa shape index (κ3) is 5.85. The molecule has 0 fully saturated rings. The fraction of sp³-hybridized carbons (Fsp3) is 0.0909. The Hall–Kier alpha value is -2.87. The number of hydrogen-bond acceptors (Lipinski definition) is 4. The maximum absolute atomic E-state index is 13.2. The van der Waals surface area contributed by atoms with Crippen molar-refractivity contribution >= 4 is 51.0 Å². The predicted octanol–water partition coefficient (Wildman–Crippen LogP) is 4.65. The van der Waals surface area contributed by atoms with Gasteiger partial charge in [0.1, 0.15) is 6.54 Å². The predicted molar refractivity (Wildman–Crippen MR) is 124 cm³/mol. The average Bonchev–Trinajstić information content (AvgIpc) is 2.75. The largest absolute Gasteiger partial charge is 0.271 e. The topological polar surface area (TPSA) is 78.8 Å². The van der Waals surface area contributed by atoms with Gasteiger partial charge in [0, 0.05) is 0 Å². The summed E-state index contributed by atoms with van der Waals surface area (Å²) < 4.78 is 27.4. The van der Waals surface area contributed by atoms with Gasteiger partial charge in [0.2, 0.25) is 0 Å². The van der Waals surface area contributed by atoms with E-state index in [0.717, 1.165) is 15.4 Å². The molecule has 6 nitrogen and oxygen atoms in total. The number of amides is 1. The molecule has 31 heavy (non-hydrogen) atoms. The van der Waals surface area contributed by atoms with E-state index in [4.69, 9.17) is 23.2 Å². The molecule has 0 aliphatic carbocycles. The van der Waals surface area contributed by atoms with Crippen LogP contribution < -0.4 is 9.73 Å². The van der Waals surface area contributed by atoms with Crippen LogP contribution in [0.4, 0.5) is 5.69 Å². The maximum Gasteiger partial charge on any atom is 0.264 e. The minimum absolute atomic E-state index is 0.0390. The van der Waals surface area contributed by atoms with Crippen molar-refractivity contribution in [2.24, 2.45) is 5.10 Å². The van der Waals surface area contributed by atoms with E-state index >= 15 is 0 Å². The van der Waals surface area contributed by atoms with Crippen LogP contribution in [0.5, 0.6) is 0 Å². The Morgan fingerprint density at radius 1 is 1.00 bits per heavy atom. The third-order valence-electron chi connectivity index (χ3n) is 4.25. The summed E-state index contributed by atoms with van der Waals surface area (Å²) >= 11 is 12.0. The summed E-state index contributed by atoms with van der Waals surface area (Å²) in [5, 5.41) is 4.37. The third-order valence-corrected chi connectivity index (χ3v) is 6.78. The van der Waals surface area contributed by atoms with E-state index < -0.39 is 22.5 Å². The van der Waals surface area contributed by atoms with Gasteiger partial charge in [-0.3, -0.25) is 9.10 Å². The molecule has 3 rings (SSSR count). The van der Waals surface area contributed by atoms with Gasteiger partial charge >= 0.3 is 0 Å². The average molecular weight is 476 g/mol. The summed E-state index contributed by atoms with van der Waals surface area (Å²) in [5.74, 6) is -0.616. The number of aryl methyl sites for hydroxylation is 1. The van der Waals surface area contributed by atoms with Crippen molar-refractivity contribution in [3.05, 3.63) is 94.0 Å². The molecule has 3 aromatic rings. The van der Waals surface area contributed by atoms with Crippen LogP contribution in [0.25, 0.3) is 0 Å². The van der Waals surface area contributed by atoms with Crippen molar-refractivity contribution in [2.75, 3.05) is 10.8 Å². The quantitative estimate of drug-likeness (QED) is 0.399. The summed E-state index contributed by atoms with van der Waals surface area (Å²) in [6.07, 6.45) is 1.49. The van der Waals surface area contributed by atoms with Gasteiger partial charge in [0.05, 0.1) is 26.8 Å². The highest BCUT2D eigenvalue weighted by Gasteiger charge is 2.27. The van der Waals surface area contributed by atoms with Gasteiger partial charge in [0.15, 0.2) is 0 Å². The van der Waals surface area contributed by atoms with Crippen LogP contribution in [-0.4, -0.2) is 27.1 Å². The highest BCUT2D eigenvalue weighted by molar-refractivity contribution is 7.92. The van der Waals surface area contributed by atoms with Crippen molar-refractivity contribution in [2.45, 2.75) is 11.8 Å². The first-order valence-electron chi connectivity index (χ1n) is 9.19. The first-order valence-corrected chi connectivity index (χ1v) is 11.4. The molecule has 9 heteroatoms. The first kappa shape index (κ1) is 22.8. The van der Waals surface area contributed by atoms with Gasteiger partial charge in [-0.25, -0.2) is 13.8 Å². The molecule has 0 aliphatic rings. The Bertz CT molecular complexity index is 1220. The maximum atomic E-state index is 13.2. The molecule has 0 heterocycles. The minimum atomic E-state index is -4.04. The number of hydrogen-bond donors (Lipinski definition) is 1. The van der Waals surface area contributed by atoms with E-state index in [-0.39, 0.29) is 20.6 Å². The summed E-state index contributed by atoms with van der Waals surface area (Å²) in [5.41, 5.74) is 4.43. The molecular weight excluding hydrogens is 457 g/mol. The molecule has 0 aromatic heterocycles. The van der Waals surface area contributed by atoms with Crippen LogP contribution in [0, 0.1) is 6.92 Å². The second kappa shape index (κ2) is 9.96. The lowest BCUT2D eigenvalue weighted by Crippen LogP contribution is -2.39. The zero-order valence-electron chi connectivity index (χ0n) is 16.5. The first-order chi connectivity index (χ1) is 14.8. The molecule has 0 bridgehead atoms. The lowest BCUT2D eigenvalue weighted by atomic mass is 10.2. The molecular formula is C22H19Cl2N3O3S. The molecule has 0 radical (unpaired) electrons. The lowest BCUT2D eigenvalue weighted by molar-refractivity contribution is -0.119. The SMILES string of the molecule is Cc1cccc(/C=N\NC(=O)CN(c2ccc(Cl)c(Cl)c2)S(=O)(=O)c2ccccc2)c1. The minimum Gasteiger partial charge on any atom is -0.271 e. The standard InChI is InChI=1S/C22H19Cl2N3O3S/c1-16-6-5-7-17(12-16)14-25-26-22(28)15-27(18-10-11-20(23)21(24)13-18)31(29,30)19-8-3-2-4-9-19/h2-14H,15H2,1H3,(H,26,28)/b25-14-. The Balaban J connectivity index is 1.86. The van der Waals surface area contributed by atoms with E-state index in [0.29, 0.717) is 0 Å². The van der Waals surface area contributed by atoms with E-state index in [1.165, 1.54) is 36.5 Å². The number of sulfonamides is 1. The van der Waals surface area contributed by atoms with Gasteiger partial charge in [0.25, 0.3) is 15.9 Å². The summed E-state index contributed by atoms with van der Waals surface area (Å²) in [4.78, 5) is 12.6. The Morgan fingerprint density at radius 3 is 2.42 bits per heavy atom. The zero-order chi connectivity index (χ0) is 22.4. The summed E-state index contributed by atoms with van der Waals surface area (Å²) in [6, 6.07) is 19.7. The highest BCUT2D eigenvalue weighted by atomic mass is 35.5. The van der Waals surface area contributed by atoms with Crippen LogP contribution in [0.2, 0.25) is 10.0 Å². The normalized spacial score (nSPS) is 11.5. The molecule has 1 amide bonds. The number of carbonyl (C=O) groups excluding carboxylic acids is 1. The van der Waals surface area contributed by atoms with Crippen LogP contribution in [0.1, 0.15) is 11.1 Å². The number of benzene rings is 3. The number of rotatable bonds is 7. The second-order valence-corrected chi connectivity index (χ2v) is 9.31. The van der Waals surface area contributed by atoms with E-state index in [1.807, 2.05) is 31.2 Å². The van der Waals surface area contributed by atoms with Crippen molar-refractivity contribution in [3.63, 3.8) is 0 Å². The monoisotopic (exact) mass is 475 g/mol. The van der Waals surface area contributed by atoms with Gasteiger partial charge in [-0.2, -0.15) is 5.10 Å². The molecule has 0 aliphatic heterocycles. The van der Waals surface area contributed by atoms with Crippen molar-refractivity contribution in [1.29, 1.82) is 0 Å². The Morgan fingerprint density at radius 2 is 1.74 bits per heavy atom. The molecule has 1 N–H and O–H groups in total.